The summed E-state index contributed by atoms with van der Waals surface area (Å²) in [6.45, 7) is 0.854. The average molecular weight is 302 g/mol. The van der Waals surface area contributed by atoms with Crippen molar-refractivity contribution < 1.29 is 9.59 Å². The van der Waals surface area contributed by atoms with Gasteiger partial charge in [-0.15, -0.1) is 11.3 Å². The molecule has 0 radical (unpaired) electrons. The minimum absolute atomic E-state index is 0.0163. The van der Waals surface area contributed by atoms with Crippen molar-refractivity contribution in [3.63, 3.8) is 0 Å². The fraction of sp³-hybridized carbons (Fsp3) is 0.250. The summed E-state index contributed by atoms with van der Waals surface area (Å²) in [5, 5.41) is 1.95. The molecule has 2 rings (SSSR count). The van der Waals surface area contributed by atoms with Crippen molar-refractivity contribution in [2.75, 3.05) is 6.54 Å². The number of thiophene rings is 1. The lowest BCUT2D eigenvalue weighted by Gasteiger charge is -2.22. The Hall–Kier alpha value is -2.14. The van der Waals surface area contributed by atoms with Crippen LogP contribution in [0.2, 0.25) is 0 Å². The van der Waals surface area contributed by atoms with Crippen LogP contribution in [0.4, 0.5) is 0 Å². The van der Waals surface area contributed by atoms with Crippen molar-refractivity contribution in [2.45, 2.75) is 19.4 Å². The minimum Gasteiger partial charge on any atom is -0.370 e. The Morgan fingerprint density at radius 2 is 1.86 bits per heavy atom. The van der Waals surface area contributed by atoms with Gasteiger partial charge in [0.05, 0.1) is 6.42 Å². The normalized spacial score (nSPS) is 10.3. The Kier molecular flexibility index (Phi) is 5.51. The molecule has 2 amide bonds. The maximum Gasteiger partial charge on any atom is 0.228 e. The van der Waals surface area contributed by atoms with E-state index in [1.54, 1.807) is 16.2 Å². The molecule has 110 valence electrons. The first-order chi connectivity index (χ1) is 10.1. The van der Waals surface area contributed by atoms with Crippen LogP contribution in [0, 0.1) is 0 Å². The number of amides is 2. The number of nitrogens with zero attached hydrogens (tertiary/aromatic N) is 1. The molecule has 4 nitrogen and oxygen atoms in total. The maximum atomic E-state index is 12.4. The van der Waals surface area contributed by atoms with Crippen LogP contribution in [0.1, 0.15) is 16.9 Å². The lowest BCUT2D eigenvalue weighted by molar-refractivity contribution is -0.131. The molecule has 0 spiro atoms. The van der Waals surface area contributed by atoms with Crippen LogP contribution in [0.25, 0.3) is 0 Å². The fourth-order valence-corrected chi connectivity index (χ4v) is 2.71. The average Bonchev–Trinajstić information content (AvgIpc) is 2.97. The second-order valence-corrected chi connectivity index (χ2v) is 5.81. The van der Waals surface area contributed by atoms with Crippen molar-refractivity contribution in [1.29, 1.82) is 0 Å². The highest BCUT2D eigenvalue weighted by Gasteiger charge is 2.15. The highest BCUT2D eigenvalue weighted by atomic mass is 32.1. The minimum atomic E-state index is -0.392. The van der Waals surface area contributed by atoms with Crippen molar-refractivity contribution in [3.8, 4) is 0 Å². The second kappa shape index (κ2) is 7.59. The van der Waals surface area contributed by atoms with Gasteiger partial charge < -0.3 is 10.6 Å². The molecule has 0 bridgehead atoms. The summed E-state index contributed by atoms with van der Waals surface area (Å²) < 4.78 is 0. The molecule has 0 fully saturated rings. The third kappa shape index (κ3) is 5.04. The van der Waals surface area contributed by atoms with Crippen LogP contribution in [-0.4, -0.2) is 23.3 Å². The number of nitrogens with two attached hydrogens (primary N) is 1. The lowest BCUT2D eigenvalue weighted by Crippen LogP contribution is -2.34. The van der Waals surface area contributed by atoms with Crippen molar-refractivity contribution in [2.24, 2.45) is 5.73 Å². The predicted molar refractivity (Wildman–Crippen MR) is 83.7 cm³/mol. The largest absolute Gasteiger partial charge is 0.370 e. The zero-order chi connectivity index (χ0) is 15.1. The number of primary amides is 1. The molecule has 0 saturated heterocycles. The molecule has 1 aromatic heterocycles. The van der Waals surface area contributed by atoms with Gasteiger partial charge in [-0.1, -0.05) is 36.4 Å². The van der Waals surface area contributed by atoms with Gasteiger partial charge in [0.1, 0.15) is 0 Å². The molecule has 0 unspecified atom stereocenters. The first-order valence-corrected chi connectivity index (χ1v) is 7.65. The van der Waals surface area contributed by atoms with E-state index in [0.717, 1.165) is 10.4 Å². The Morgan fingerprint density at radius 1 is 1.10 bits per heavy atom. The molecule has 0 aliphatic carbocycles. The van der Waals surface area contributed by atoms with E-state index in [1.807, 2.05) is 47.8 Å². The highest BCUT2D eigenvalue weighted by Crippen LogP contribution is 2.13. The monoisotopic (exact) mass is 302 g/mol. The quantitative estimate of drug-likeness (QED) is 0.852. The number of carbonyl (C=O) groups excluding carboxylic acids is 2. The van der Waals surface area contributed by atoms with Gasteiger partial charge in [0.15, 0.2) is 0 Å². The molecule has 2 N–H and O–H groups in total. The van der Waals surface area contributed by atoms with E-state index < -0.39 is 5.91 Å². The first-order valence-electron chi connectivity index (χ1n) is 6.77. The van der Waals surface area contributed by atoms with Crippen molar-refractivity contribution in [1.82, 2.24) is 4.90 Å². The number of benzene rings is 1. The van der Waals surface area contributed by atoms with Crippen LogP contribution in [0.5, 0.6) is 0 Å². The first kappa shape index (κ1) is 15.3. The number of hydrogen-bond donors (Lipinski definition) is 1. The van der Waals surface area contributed by atoms with Gasteiger partial charge in [-0.2, -0.15) is 0 Å². The zero-order valence-electron chi connectivity index (χ0n) is 11.7. The van der Waals surface area contributed by atoms with E-state index in [-0.39, 0.29) is 12.3 Å². The number of rotatable bonds is 7. The Labute approximate surface area is 128 Å². The Morgan fingerprint density at radius 3 is 2.48 bits per heavy atom. The van der Waals surface area contributed by atoms with Crippen LogP contribution >= 0.6 is 11.3 Å². The molecule has 0 aliphatic heterocycles. The number of hydrogen-bond acceptors (Lipinski definition) is 3. The van der Waals surface area contributed by atoms with Crippen LogP contribution in [-0.2, 0) is 22.6 Å². The molecule has 1 heterocycles. The van der Waals surface area contributed by atoms with Crippen LogP contribution < -0.4 is 5.73 Å². The smallest absolute Gasteiger partial charge is 0.228 e. The topological polar surface area (TPSA) is 63.4 Å². The Bertz CT molecular complexity index is 582. The van der Waals surface area contributed by atoms with E-state index in [9.17, 15) is 9.59 Å². The van der Waals surface area contributed by atoms with Crippen molar-refractivity contribution in [3.05, 3.63) is 58.3 Å². The fourth-order valence-electron chi connectivity index (χ4n) is 2.01. The summed E-state index contributed by atoms with van der Waals surface area (Å²) in [5.41, 5.74) is 6.24. The standard InChI is InChI=1S/C16H18N2O2S/c17-15(19)8-9-18(12-13-5-2-1-3-6-13)16(20)11-14-7-4-10-21-14/h1-7,10H,8-9,11-12H2,(H2,17,19). The second-order valence-electron chi connectivity index (χ2n) is 4.77. The molecule has 5 heteroatoms. The summed E-state index contributed by atoms with van der Waals surface area (Å²) in [7, 11) is 0. The van der Waals surface area contributed by atoms with Crippen LogP contribution in [0.15, 0.2) is 47.8 Å². The van der Waals surface area contributed by atoms with Gasteiger partial charge >= 0.3 is 0 Å². The van der Waals surface area contributed by atoms with Gasteiger partial charge in [0.25, 0.3) is 0 Å². The van der Waals surface area contributed by atoms with Gasteiger partial charge in [-0.05, 0) is 17.0 Å². The highest BCUT2D eigenvalue weighted by molar-refractivity contribution is 7.10. The molecule has 21 heavy (non-hydrogen) atoms. The summed E-state index contributed by atoms with van der Waals surface area (Å²) in [6.07, 6.45) is 0.548. The summed E-state index contributed by atoms with van der Waals surface area (Å²) in [5.74, 6) is -0.375. The third-order valence-electron chi connectivity index (χ3n) is 3.10. The predicted octanol–water partition coefficient (Wildman–Crippen LogP) is 2.19. The Balaban J connectivity index is 2.03. The SMILES string of the molecule is NC(=O)CCN(Cc1ccccc1)C(=O)Cc1cccs1. The van der Waals surface area contributed by atoms with E-state index in [1.165, 1.54) is 0 Å². The van der Waals surface area contributed by atoms with E-state index in [2.05, 4.69) is 0 Å². The summed E-state index contributed by atoms with van der Waals surface area (Å²) in [4.78, 5) is 26.1. The van der Waals surface area contributed by atoms with Gasteiger partial charge in [0, 0.05) is 24.4 Å². The van der Waals surface area contributed by atoms with E-state index >= 15 is 0 Å². The number of carbonyl (C=O) groups is 2. The molecule has 0 saturated carbocycles. The molecular weight excluding hydrogens is 284 g/mol. The van der Waals surface area contributed by atoms with E-state index in [0.29, 0.717) is 19.5 Å². The van der Waals surface area contributed by atoms with Gasteiger partial charge in [-0.25, -0.2) is 0 Å². The maximum absolute atomic E-state index is 12.4. The molecular formula is C16H18N2O2S. The molecule has 0 atom stereocenters. The van der Waals surface area contributed by atoms with Gasteiger partial charge in [0.2, 0.25) is 11.8 Å². The zero-order valence-corrected chi connectivity index (χ0v) is 12.5. The van der Waals surface area contributed by atoms with Crippen molar-refractivity contribution >= 4 is 23.2 Å². The molecule has 0 aliphatic rings. The summed E-state index contributed by atoms with van der Waals surface area (Å²) >= 11 is 1.56. The molecule has 1 aromatic carbocycles. The van der Waals surface area contributed by atoms with E-state index in [4.69, 9.17) is 5.73 Å². The lowest BCUT2D eigenvalue weighted by atomic mass is 10.2. The van der Waals surface area contributed by atoms with Gasteiger partial charge in [-0.3, -0.25) is 9.59 Å². The molecule has 2 aromatic rings. The summed E-state index contributed by atoms with van der Waals surface area (Å²) in [6, 6.07) is 13.6. The third-order valence-corrected chi connectivity index (χ3v) is 3.98. The van der Waals surface area contributed by atoms with Crippen LogP contribution in [0.3, 0.4) is 0 Å².